The topological polar surface area (TPSA) is 0 Å². The Hall–Kier alpha value is -0.260. The highest BCUT2D eigenvalue weighted by Crippen LogP contribution is 2.20. The number of unbranched alkanes of at least 4 members (excludes halogenated alkanes) is 10. The SMILES string of the molecule is [CH2]CCCCCCCCC(C)CCC=CC(C)CCC(C)CCCCCC[CH2]. The van der Waals surface area contributed by atoms with E-state index in [9.17, 15) is 0 Å². The molecule has 3 atom stereocenters. The molecule has 0 heterocycles. The first-order valence-corrected chi connectivity index (χ1v) is 12.8. The molecule has 0 spiro atoms. The van der Waals surface area contributed by atoms with Gasteiger partial charge in [-0.1, -0.05) is 143 Å². The predicted octanol–water partition coefficient (Wildman–Crippen LogP) is 10.1. The van der Waals surface area contributed by atoms with Gasteiger partial charge in [-0.3, -0.25) is 0 Å². The van der Waals surface area contributed by atoms with Crippen LogP contribution in [0.3, 0.4) is 0 Å². The van der Waals surface area contributed by atoms with Crippen molar-refractivity contribution in [3.63, 3.8) is 0 Å². The van der Waals surface area contributed by atoms with Crippen LogP contribution in [0.15, 0.2) is 12.2 Å². The smallest absolute Gasteiger partial charge is 0.0262 e. The molecule has 2 radical (unpaired) electrons. The van der Waals surface area contributed by atoms with E-state index in [1.54, 1.807) is 0 Å². The van der Waals surface area contributed by atoms with Gasteiger partial charge in [-0.05, 0) is 37.0 Å². The maximum Gasteiger partial charge on any atom is -0.0262 e. The van der Waals surface area contributed by atoms with Crippen LogP contribution in [0.2, 0.25) is 0 Å². The fourth-order valence-corrected chi connectivity index (χ4v) is 4.04. The molecule has 28 heavy (non-hydrogen) atoms. The summed E-state index contributed by atoms with van der Waals surface area (Å²) in [5, 5.41) is 0. The van der Waals surface area contributed by atoms with Crippen molar-refractivity contribution in [3.05, 3.63) is 26.0 Å². The molecular formula is C28H54. The third kappa shape index (κ3) is 20.5. The van der Waals surface area contributed by atoms with Gasteiger partial charge in [-0.25, -0.2) is 0 Å². The molecule has 0 heteroatoms. The van der Waals surface area contributed by atoms with Crippen LogP contribution in [0.4, 0.5) is 0 Å². The van der Waals surface area contributed by atoms with Crippen molar-refractivity contribution >= 4 is 0 Å². The van der Waals surface area contributed by atoms with Gasteiger partial charge in [0.25, 0.3) is 0 Å². The van der Waals surface area contributed by atoms with Crippen LogP contribution in [-0.4, -0.2) is 0 Å². The summed E-state index contributed by atoms with van der Waals surface area (Å²) >= 11 is 0. The van der Waals surface area contributed by atoms with Crippen molar-refractivity contribution in [2.45, 2.75) is 136 Å². The standard InChI is InChI=1S/C28H54/c1-6-8-10-12-13-15-17-20-26(3)22-18-19-23-28(5)25-24-27(4)21-16-14-11-9-7-2/h19,23,26-28H,1-2,6-18,20-22,24-25H2,3-5H3. The molecule has 0 aliphatic carbocycles. The van der Waals surface area contributed by atoms with Gasteiger partial charge < -0.3 is 0 Å². The lowest BCUT2D eigenvalue weighted by atomic mass is 9.93. The molecule has 0 fully saturated rings. The number of allylic oxidation sites excluding steroid dienone is 2. The zero-order valence-electron chi connectivity index (χ0n) is 20.0. The lowest BCUT2D eigenvalue weighted by molar-refractivity contribution is 0.422. The van der Waals surface area contributed by atoms with E-state index in [1.165, 1.54) is 103 Å². The average Bonchev–Trinajstić information content (AvgIpc) is 2.68. The molecule has 0 rings (SSSR count). The maximum absolute atomic E-state index is 3.93. The van der Waals surface area contributed by atoms with E-state index < -0.39 is 0 Å². The minimum atomic E-state index is 0.752. The molecule has 0 bridgehead atoms. The highest BCUT2D eigenvalue weighted by molar-refractivity contribution is 4.86. The van der Waals surface area contributed by atoms with Gasteiger partial charge in [0.05, 0.1) is 0 Å². The minimum absolute atomic E-state index is 0.752. The van der Waals surface area contributed by atoms with Crippen LogP contribution in [0, 0.1) is 31.6 Å². The second kappa shape index (κ2) is 21.4. The summed E-state index contributed by atoms with van der Waals surface area (Å²) in [6, 6.07) is 0. The van der Waals surface area contributed by atoms with Crippen LogP contribution in [-0.2, 0) is 0 Å². The van der Waals surface area contributed by atoms with Crippen molar-refractivity contribution < 1.29 is 0 Å². The van der Waals surface area contributed by atoms with Gasteiger partial charge in [0.2, 0.25) is 0 Å². The van der Waals surface area contributed by atoms with E-state index in [2.05, 4.69) is 46.8 Å². The summed E-state index contributed by atoms with van der Waals surface area (Å²) in [4.78, 5) is 0. The summed E-state index contributed by atoms with van der Waals surface area (Å²) in [7, 11) is 0. The molecule has 0 amide bonds. The van der Waals surface area contributed by atoms with Gasteiger partial charge in [0.15, 0.2) is 0 Å². The minimum Gasteiger partial charge on any atom is -0.0883 e. The van der Waals surface area contributed by atoms with Gasteiger partial charge in [-0.2, -0.15) is 0 Å². The van der Waals surface area contributed by atoms with E-state index >= 15 is 0 Å². The normalized spacial score (nSPS) is 15.2. The van der Waals surface area contributed by atoms with E-state index in [1.807, 2.05) is 0 Å². The Kier molecular flexibility index (Phi) is 21.2. The first kappa shape index (κ1) is 27.7. The van der Waals surface area contributed by atoms with E-state index in [0.29, 0.717) is 0 Å². The Labute approximate surface area is 180 Å². The van der Waals surface area contributed by atoms with Crippen LogP contribution in [0.1, 0.15) is 136 Å². The number of hydrogen-bond acceptors (Lipinski definition) is 0. The first-order valence-electron chi connectivity index (χ1n) is 12.8. The van der Waals surface area contributed by atoms with Crippen molar-refractivity contribution in [2.24, 2.45) is 17.8 Å². The third-order valence-corrected chi connectivity index (χ3v) is 6.30. The van der Waals surface area contributed by atoms with Gasteiger partial charge in [-0.15, -0.1) is 0 Å². The molecular weight excluding hydrogens is 336 g/mol. The Morgan fingerprint density at radius 3 is 1.54 bits per heavy atom. The van der Waals surface area contributed by atoms with Crippen LogP contribution >= 0.6 is 0 Å². The Balaban J connectivity index is 3.54. The summed E-state index contributed by atoms with van der Waals surface area (Å²) in [5.41, 5.74) is 0. The highest BCUT2D eigenvalue weighted by Gasteiger charge is 2.05. The molecule has 0 aliphatic rings. The quantitative estimate of drug-likeness (QED) is 0.135. The lowest BCUT2D eigenvalue weighted by Gasteiger charge is -2.13. The molecule has 0 aromatic heterocycles. The Morgan fingerprint density at radius 1 is 0.536 bits per heavy atom. The summed E-state index contributed by atoms with van der Waals surface area (Å²) in [6.07, 6.45) is 29.3. The predicted molar refractivity (Wildman–Crippen MR) is 130 cm³/mol. The van der Waals surface area contributed by atoms with E-state index in [0.717, 1.165) is 30.6 Å². The van der Waals surface area contributed by atoms with E-state index in [4.69, 9.17) is 0 Å². The lowest BCUT2D eigenvalue weighted by Crippen LogP contribution is -1.99. The van der Waals surface area contributed by atoms with Crippen molar-refractivity contribution in [1.82, 2.24) is 0 Å². The monoisotopic (exact) mass is 390 g/mol. The second-order valence-electron chi connectivity index (χ2n) is 9.59. The van der Waals surface area contributed by atoms with E-state index in [-0.39, 0.29) is 0 Å². The molecule has 0 aliphatic heterocycles. The largest absolute Gasteiger partial charge is 0.0883 e. The summed E-state index contributed by atoms with van der Waals surface area (Å²) < 4.78 is 0. The zero-order chi connectivity index (χ0) is 20.9. The molecule has 3 unspecified atom stereocenters. The zero-order valence-corrected chi connectivity index (χ0v) is 20.0. The summed E-state index contributed by atoms with van der Waals surface area (Å²) in [6.45, 7) is 15.1. The molecule has 0 saturated heterocycles. The second-order valence-corrected chi connectivity index (χ2v) is 9.59. The molecule has 0 saturated carbocycles. The fourth-order valence-electron chi connectivity index (χ4n) is 4.04. The molecule has 0 aromatic rings. The van der Waals surface area contributed by atoms with Gasteiger partial charge in [0, 0.05) is 0 Å². The maximum atomic E-state index is 3.93. The average molecular weight is 391 g/mol. The molecule has 0 N–H and O–H groups in total. The third-order valence-electron chi connectivity index (χ3n) is 6.30. The fraction of sp³-hybridized carbons (Fsp3) is 0.857. The van der Waals surface area contributed by atoms with Crippen LogP contribution < -0.4 is 0 Å². The number of rotatable bonds is 21. The molecule has 0 nitrogen and oxygen atoms in total. The van der Waals surface area contributed by atoms with Crippen molar-refractivity contribution in [3.8, 4) is 0 Å². The molecule has 0 aromatic carbocycles. The van der Waals surface area contributed by atoms with Gasteiger partial charge in [0.1, 0.15) is 0 Å². The van der Waals surface area contributed by atoms with Gasteiger partial charge >= 0.3 is 0 Å². The number of hydrogen-bond donors (Lipinski definition) is 0. The van der Waals surface area contributed by atoms with Crippen molar-refractivity contribution in [2.75, 3.05) is 0 Å². The molecule has 166 valence electrons. The summed E-state index contributed by atoms with van der Waals surface area (Å²) in [5.74, 6) is 2.54. The van der Waals surface area contributed by atoms with Crippen LogP contribution in [0.5, 0.6) is 0 Å². The van der Waals surface area contributed by atoms with Crippen molar-refractivity contribution in [1.29, 1.82) is 0 Å². The highest BCUT2D eigenvalue weighted by atomic mass is 14.1. The first-order chi connectivity index (χ1) is 13.6. The van der Waals surface area contributed by atoms with Crippen LogP contribution in [0.25, 0.3) is 0 Å². The Bertz CT molecular complexity index is 316. The Morgan fingerprint density at radius 2 is 1.00 bits per heavy atom.